The number of hydrogen-bond donors (Lipinski definition) is 3. The summed E-state index contributed by atoms with van der Waals surface area (Å²) in [6.07, 6.45) is 3.05. The van der Waals surface area contributed by atoms with Crippen molar-refractivity contribution < 1.29 is 13.8 Å². The first-order valence-electron chi connectivity index (χ1n) is 6.27. The first-order chi connectivity index (χ1) is 8.90. The maximum atomic E-state index is 11.9. The summed E-state index contributed by atoms with van der Waals surface area (Å²) < 4.78 is 11.7. The van der Waals surface area contributed by atoms with E-state index in [0.717, 1.165) is 0 Å². The highest BCUT2D eigenvalue weighted by atomic mass is 32.2. The van der Waals surface area contributed by atoms with E-state index < -0.39 is 16.8 Å². The molecule has 1 aliphatic rings. The highest BCUT2D eigenvalue weighted by molar-refractivity contribution is 7.85. The molecule has 6 nitrogen and oxygen atoms in total. The highest BCUT2D eigenvalue weighted by Gasteiger charge is 2.21. The van der Waals surface area contributed by atoms with Gasteiger partial charge in [0.15, 0.2) is 0 Å². The third-order valence-corrected chi connectivity index (χ3v) is 4.20. The minimum Gasteiger partial charge on any atom is -0.352 e. The summed E-state index contributed by atoms with van der Waals surface area (Å²) in [6, 6.07) is -1.05. The van der Waals surface area contributed by atoms with E-state index in [4.69, 9.17) is 5.73 Å². The average molecular weight is 287 g/mol. The van der Waals surface area contributed by atoms with Gasteiger partial charge in [0, 0.05) is 41.0 Å². The normalized spacial score (nSPS) is 30.2. The van der Waals surface area contributed by atoms with E-state index in [1.165, 1.54) is 6.08 Å². The Bertz CT molecular complexity index is 396. The molecular formula is C12H21N3O3S. The quantitative estimate of drug-likeness (QED) is 0.569. The van der Waals surface area contributed by atoms with Gasteiger partial charge in [-0.05, 0) is 5.92 Å². The zero-order valence-corrected chi connectivity index (χ0v) is 12.0. The second-order valence-electron chi connectivity index (χ2n) is 4.85. The highest BCUT2D eigenvalue weighted by Crippen LogP contribution is 2.04. The fraction of sp³-hybridized carbons (Fsp3) is 0.667. The van der Waals surface area contributed by atoms with Crippen LogP contribution in [0.3, 0.4) is 0 Å². The van der Waals surface area contributed by atoms with Gasteiger partial charge in [0.1, 0.15) is 0 Å². The summed E-state index contributed by atoms with van der Waals surface area (Å²) in [7, 11) is -1.21. The smallest absolute Gasteiger partial charge is 0.243 e. The van der Waals surface area contributed by atoms with Crippen LogP contribution >= 0.6 is 0 Å². The minimum atomic E-state index is -1.21. The van der Waals surface area contributed by atoms with Crippen LogP contribution in [0.4, 0.5) is 0 Å². The van der Waals surface area contributed by atoms with Crippen LogP contribution in [0.15, 0.2) is 12.2 Å². The van der Waals surface area contributed by atoms with Gasteiger partial charge in [-0.1, -0.05) is 19.9 Å². The molecule has 108 valence electrons. The molecule has 4 N–H and O–H groups in total. The van der Waals surface area contributed by atoms with Crippen molar-refractivity contribution in [2.45, 2.75) is 25.9 Å². The Kier molecular flexibility index (Phi) is 6.17. The standard InChI is InChI=1S/C12H21N3O3S/c1-8(2)10-3-4-11(16)14-5-6-19(18)7-9(13)12(17)15-10/h3-4,8-10H,5-7,13H2,1-2H3,(H,14,16)(H,15,17). The lowest BCUT2D eigenvalue weighted by Gasteiger charge is -2.21. The zero-order valence-electron chi connectivity index (χ0n) is 11.2. The van der Waals surface area contributed by atoms with Crippen LogP contribution < -0.4 is 16.4 Å². The molecule has 0 bridgehead atoms. The van der Waals surface area contributed by atoms with Crippen molar-refractivity contribution in [3.05, 3.63) is 12.2 Å². The largest absolute Gasteiger partial charge is 0.352 e. The number of carbonyl (C=O) groups is 2. The Labute approximate surface area is 115 Å². The number of nitrogens with one attached hydrogen (secondary N) is 2. The van der Waals surface area contributed by atoms with Crippen LogP contribution in [-0.2, 0) is 20.4 Å². The van der Waals surface area contributed by atoms with Crippen LogP contribution in [0, 0.1) is 5.92 Å². The van der Waals surface area contributed by atoms with E-state index in [9.17, 15) is 13.8 Å². The molecular weight excluding hydrogens is 266 g/mol. The fourth-order valence-corrected chi connectivity index (χ4v) is 2.65. The van der Waals surface area contributed by atoms with Crippen molar-refractivity contribution in [3.63, 3.8) is 0 Å². The zero-order chi connectivity index (χ0) is 14.4. The molecule has 0 radical (unpaired) electrons. The summed E-state index contributed by atoms with van der Waals surface area (Å²) >= 11 is 0. The second-order valence-corrected chi connectivity index (χ2v) is 6.47. The molecule has 1 aliphatic heterocycles. The lowest BCUT2D eigenvalue weighted by Crippen LogP contribution is -2.49. The topological polar surface area (TPSA) is 101 Å². The first-order valence-corrected chi connectivity index (χ1v) is 7.76. The third kappa shape index (κ3) is 5.52. The number of carbonyl (C=O) groups excluding carboxylic acids is 2. The predicted octanol–water partition coefficient (Wildman–Crippen LogP) is -1.11. The summed E-state index contributed by atoms with van der Waals surface area (Å²) in [5.74, 6) is -0.0437. The summed E-state index contributed by atoms with van der Waals surface area (Å²) in [4.78, 5) is 23.4. The Morgan fingerprint density at radius 3 is 2.74 bits per heavy atom. The molecule has 0 fully saturated rings. The molecule has 7 heteroatoms. The number of nitrogens with two attached hydrogens (primary N) is 1. The third-order valence-electron chi connectivity index (χ3n) is 2.81. The lowest BCUT2D eigenvalue weighted by atomic mass is 10.0. The van der Waals surface area contributed by atoms with Crippen LogP contribution in [0.25, 0.3) is 0 Å². The molecule has 1 rings (SSSR count). The van der Waals surface area contributed by atoms with Gasteiger partial charge in [-0.15, -0.1) is 0 Å². The number of rotatable bonds is 1. The van der Waals surface area contributed by atoms with Gasteiger partial charge in [0.2, 0.25) is 11.8 Å². The van der Waals surface area contributed by atoms with Crippen LogP contribution in [0.5, 0.6) is 0 Å². The first kappa shape index (κ1) is 15.8. The Morgan fingerprint density at radius 2 is 2.11 bits per heavy atom. The molecule has 0 spiro atoms. The summed E-state index contributed by atoms with van der Waals surface area (Å²) in [5.41, 5.74) is 5.72. The number of hydrogen-bond acceptors (Lipinski definition) is 4. The van der Waals surface area contributed by atoms with Crippen LogP contribution in [-0.4, -0.2) is 46.2 Å². The van der Waals surface area contributed by atoms with Gasteiger partial charge < -0.3 is 16.4 Å². The van der Waals surface area contributed by atoms with Gasteiger partial charge in [-0.2, -0.15) is 0 Å². The van der Waals surface area contributed by atoms with Crippen molar-refractivity contribution in [2.24, 2.45) is 11.7 Å². The Balaban J connectivity index is 2.85. The molecule has 0 aromatic rings. The molecule has 0 aromatic carbocycles. The lowest BCUT2D eigenvalue weighted by molar-refractivity contribution is -0.122. The molecule has 3 unspecified atom stereocenters. The maximum absolute atomic E-state index is 11.9. The SMILES string of the molecule is CC(C)C1C=CC(=O)NCCS(=O)CC(N)C(=O)N1. The fourth-order valence-electron chi connectivity index (χ4n) is 1.61. The van der Waals surface area contributed by atoms with Gasteiger partial charge in [0.25, 0.3) is 0 Å². The maximum Gasteiger partial charge on any atom is 0.243 e. The molecule has 19 heavy (non-hydrogen) atoms. The molecule has 0 saturated carbocycles. The molecule has 0 saturated heterocycles. The minimum absolute atomic E-state index is 0.107. The van der Waals surface area contributed by atoms with E-state index in [1.807, 2.05) is 13.8 Å². The molecule has 3 atom stereocenters. The molecule has 2 amide bonds. The van der Waals surface area contributed by atoms with Crippen LogP contribution in [0.1, 0.15) is 13.8 Å². The van der Waals surface area contributed by atoms with Crippen molar-refractivity contribution in [1.82, 2.24) is 10.6 Å². The molecule has 1 heterocycles. The van der Waals surface area contributed by atoms with Gasteiger partial charge in [-0.3, -0.25) is 13.8 Å². The monoisotopic (exact) mass is 287 g/mol. The van der Waals surface area contributed by atoms with Gasteiger partial charge in [0.05, 0.1) is 6.04 Å². The van der Waals surface area contributed by atoms with Crippen LogP contribution in [0.2, 0.25) is 0 Å². The van der Waals surface area contributed by atoms with Crippen molar-refractivity contribution >= 4 is 22.6 Å². The van der Waals surface area contributed by atoms with Crippen molar-refractivity contribution in [3.8, 4) is 0 Å². The second kappa shape index (κ2) is 7.40. The molecule has 0 aromatic heterocycles. The average Bonchev–Trinajstić information content (AvgIpc) is 2.32. The van der Waals surface area contributed by atoms with E-state index in [1.54, 1.807) is 6.08 Å². The van der Waals surface area contributed by atoms with E-state index >= 15 is 0 Å². The Morgan fingerprint density at radius 1 is 1.42 bits per heavy atom. The van der Waals surface area contributed by atoms with Gasteiger partial charge in [-0.25, -0.2) is 0 Å². The molecule has 0 aliphatic carbocycles. The van der Waals surface area contributed by atoms with Gasteiger partial charge >= 0.3 is 0 Å². The van der Waals surface area contributed by atoms with Crippen molar-refractivity contribution in [2.75, 3.05) is 18.1 Å². The van der Waals surface area contributed by atoms with E-state index in [-0.39, 0.29) is 29.5 Å². The number of amides is 2. The summed E-state index contributed by atoms with van der Waals surface area (Å²) in [5, 5.41) is 5.40. The summed E-state index contributed by atoms with van der Waals surface area (Å²) in [6.45, 7) is 4.18. The Hall–Kier alpha value is -1.21. The van der Waals surface area contributed by atoms with E-state index in [0.29, 0.717) is 12.3 Å². The predicted molar refractivity (Wildman–Crippen MR) is 74.8 cm³/mol. The van der Waals surface area contributed by atoms with Crippen molar-refractivity contribution in [1.29, 1.82) is 0 Å². The van der Waals surface area contributed by atoms with E-state index in [2.05, 4.69) is 10.6 Å².